The summed E-state index contributed by atoms with van der Waals surface area (Å²) in [5, 5.41) is 0. The molecule has 2 atom stereocenters. The van der Waals surface area contributed by atoms with Gasteiger partial charge in [-0.2, -0.15) is 0 Å². The van der Waals surface area contributed by atoms with Crippen LogP contribution in [0.15, 0.2) is 60.7 Å². The quantitative estimate of drug-likeness (QED) is 0.754. The van der Waals surface area contributed by atoms with E-state index >= 15 is 0 Å². The van der Waals surface area contributed by atoms with E-state index in [0.717, 1.165) is 17.7 Å². The van der Waals surface area contributed by atoms with Crippen LogP contribution in [0.1, 0.15) is 24.9 Å². The van der Waals surface area contributed by atoms with E-state index in [1.165, 1.54) is 0 Å². The minimum atomic E-state index is -0.104. The third kappa shape index (κ3) is 4.88. The van der Waals surface area contributed by atoms with Gasteiger partial charge in [0.25, 0.3) is 0 Å². The molecule has 0 saturated heterocycles. The van der Waals surface area contributed by atoms with Crippen molar-refractivity contribution < 1.29 is 9.47 Å². The second-order valence-corrected chi connectivity index (χ2v) is 4.92. The second-order valence-electron chi connectivity index (χ2n) is 4.92. The summed E-state index contributed by atoms with van der Waals surface area (Å²) in [6, 6.07) is 19.7. The van der Waals surface area contributed by atoms with E-state index in [1.54, 1.807) is 0 Å². The molecular formula is C18H23NO2. The van der Waals surface area contributed by atoms with Crippen LogP contribution >= 0.6 is 0 Å². The van der Waals surface area contributed by atoms with E-state index in [0.29, 0.717) is 13.2 Å². The molecule has 2 unspecified atom stereocenters. The fourth-order valence-electron chi connectivity index (χ4n) is 2.24. The van der Waals surface area contributed by atoms with Gasteiger partial charge in [-0.05, 0) is 24.1 Å². The molecule has 112 valence electrons. The molecule has 0 aliphatic rings. The number of nitrogens with two attached hydrogens (primary N) is 1. The van der Waals surface area contributed by atoms with E-state index in [1.807, 2.05) is 60.7 Å². The Morgan fingerprint density at radius 3 is 2.14 bits per heavy atom. The Balaban J connectivity index is 1.77. The zero-order valence-electron chi connectivity index (χ0n) is 12.4. The van der Waals surface area contributed by atoms with Gasteiger partial charge in [-0.1, -0.05) is 55.5 Å². The zero-order valence-corrected chi connectivity index (χ0v) is 12.4. The van der Waals surface area contributed by atoms with Gasteiger partial charge in [0.2, 0.25) is 0 Å². The van der Waals surface area contributed by atoms with Gasteiger partial charge in [0.1, 0.15) is 12.4 Å². The van der Waals surface area contributed by atoms with E-state index < -0.39 is 0 Å². The van der Waals surface area contributed by atoms with E-state index in [2.05, 4.69) is 6.92 Å². The van der Waals surface area contributed by atoms with Gasteiger partial charge in [0.15, 0.2) is 0 Å². The van der Waals surface area contributed by atoms with Gasteiger partial charge in [-0.15, -0.1) is 0 Å². The standard InChI is InChI=1S/C18H23NO2/c1-2-17(18(19)15-9-5-3-6-10-15)21-14-13-20-16-11-7-4-8-12-16/h3-12,17-18H,2,13-14,19H2,1H3. The lowest BCUT2D eigenvalue weighted by Gasteiger charge is -2.23. The molecule has 0 aliphatic carbocycles. The van der Waals surface area contributed by atoms with Crippen LogP contribution in [0.25, 0.3) is 0 Å². The van der Waals surface area contributed by atoms with E-state index in [-0.39, 0.29) is 12.1 Å². The highest BCUT2D eigenvalue weighted by Crippen LogP contribution is 2.19. The maximum Gasteiger partial charge on any atom is 0.119 e. The first kappa shape index (κ1) is 15.5. The monoisotopic (exact) mass is 285 g/mol. The van der Waals surface area contributed by atoms with Gasteiger partial charge in [0, 0.05) is 0 Å². The summed E-state index contributed by atoms with van der Waals surface area (Å²) in [6.45, 7) is 3.15. The summed E-state index contributed by atoms with van der Waals surface area (Å²) in [6.07, 6.45) is 0.883. The maximum atomic E-state index is 6.28. The minimum absolute atomic E-state index is 0.00627. The Morgan fingerprint density at radius 1 is 0.905 bits per heavy atom. The molecule has 0 saturated carbocycles. The summed E-state index contributed by atoms with van der Waals surface area (Å²) in [5.74, 6) is 0.863. The van der Waals surface area contributed by atoms with Crippen molar-refractivity contribution in [1.29, 1.82) is 0 Å². The Labute approximate surface area is 126 Å². The number of para-hydroxylation sites is 1. The van der Waals surface area contributed by atoms with Crippen LogP contribution < -0.4 is 10.5 Å². The average molecular weight is 285 g/mol. The highest BCUT2D eigenvalue weighted by molar-refractivity contribution is 5.21. The molecule has 2 aromatic carbocycles. The Kier molecular flexibility index (Phi) is 6.25. The van der Waals surface area contributed by atoms with Crippen molar-refractivity contribution >= 4 is 0 Å². The molecule has 0 heterocycles. The van der Waals surface area contributed by atoms with Gasteiger partial charge in [-0.25, -0.2) is 0 Å². The first-order chi connectivity index (χ1) is 10.3. The molecular weight excluding hydrogens is 262 g/mol. The lowest BCUT2D eigenvalue weighted by molar-refractivity contribution is 0.0162. The van der Waals surface area contributed by atoms with Crippen molar-refractivity contribution in [2.75, 3.05) is 13.2 Å². The first-order valence-electron chi connectivity index (χ1n) is 7.41. The van der Waals surface area contributed by atoms with Crippen molar-refractivity contribution in [2.45, 2.75) is 25.5 Å². The van der Waals surface area contributed by atoms with Crippen molar-refractivity contribution in [2.24, 2.45) is 5.73 Å². The minimum Gasteiger partial charge on any atom is -0.491 e. The number of ether oxygens (including phenoxy) is 2. The summed E-state index contributed by atoms with van der Waals surface area (Å²) in [7, 11) is 0. The largest absolute Gasteiger partial charge is 0.491 e. The topological polar surface area (TPSA) is 44.5 Å². The molecule has 0 aromatic heterocycles. The number of rotatable bonds is 8. The van der Waals surface area contributed by atoms with Crippen LogP contribution in [0.3, 0.4) is 0 Å². The molecule has 0 spiro atoms. The number of hydrogen-bond acceptors (Lipinski definition) is 3. The fourth-order valence-corrected chi connectivity index (χ4v) is 2.24. The molecule has 2 aromatic rings. The predicted molar refractivity (Wildman–Crippen MR) is 85.3 cm³/mol. The molecule has 3 nitrogen and oxygen atoms in total. The number of hydrogen-bond donors (Lipinski definition) is 1. The Bertz CT molecular complexity index is 501. The van der Waals surface area contributed by atoms with Gasteiger partial charge < -0.3 is 15.2 Å². The molecule has 0 bridgehead atoms. The molecule has 3 heteroatoms. The zero-order chi connectivity index (χ0) is 14.9. The Morgan fingerprint density at radius 2 is 1.52 bits per heavy atom. The molecule has 2 N–H and O–H groups in total. The van der Waals surface area contributed by atoms with Crippen molar-refractivity contribution in [1.82, 2.24) is 0 Å². The third-order valence-corrected chi connectivity index (χ3v) is 3.41. The molecule has 0 aliphatic heterocycles. The van der Waals surface area contributed by atoms with Crippen LogP contribution in [0.5, 0.6) is 5.75 Å². The third-order valence-electron chi connectivity index (χ3n) is 3.41. The van der Waals surface area contributed by atoms with E-state index in [4.69, 9.17) is 15.2 Å². The van der Waals surface area contributed by atoms with Crippen molar-refractivity contribution in [3.63, 3.8) is 0 Å². The maximum absolute atomic E-state index is 6.28. The summed E-state index contributed by atoms with van der Waals surface area (Å²) < 4.78 is 11.5. The van der Waals surface area contributed by atoms with Crippen LogP contribution in [-0.4, -0.2) is 19.3 Å². The molecule has 21 heavy (non-hydrogen) atoms. The smallest absolute Gasteiger partial charge is 0.119 e. The second kappa shape index (κ2) is 8.45. The van der Waals surface area contributed by atoms with Crippen LogP contribution in [0.2, 0.25) is 0 Å². The predicted octanol–water partition coefficient (Wildman–Crippen LogP) is 3.56. The van der Waals surface area contributed by atoms with Crippen LogP contribution in [-0.2, 0) is 4.74 Å². The summed E-state index contributed by atoms with van der Waals surface area (Å²) in [4.78, 5) is 0. The van der Waals surface area contributed by atoms with Crippen molar-refractivity contribution in [3.05, 3.63) is 66.2 Å². The SMILES string of the molecule is CCC(OCCOc1ccccc1)C(N)c1ccccc1. The average Bonchev–Trinajstić information content (AvgIpc) is 2.56. The molecule has 0 radical (unpaired) electrons. The highest BCUT2D eigenvalue weighted by Gasteiger charge is 2.18. The van der Waals surface area contributed by atoms with Gasteiger partial charge in [-0.3, -0.25) is 0 Å². The lowest BCUT2D eigenvalue weighted by atomic mass is 10.0. The Hall–Kier alpha value is -1.84. The molecule has 0 amide bonds. The fraction of sp³-hybridized carbons (Fsp3) is 0.333. The van der Waals surface area contributed by atoms with Gasteiger partial charge in [0.05, 0.1) is 18.8 Å². The normalized spacial score (nSPS) is 13.6. The number of benzene rings is 2. The molecule has 2 rings (SSSR count). The van der Waals surface area contributed by atoms with Gasteiger partial charge >= 0.3 is 0 Å². The molecule has 0 fully saturated rings. The van der Waals surface area contributed by atoms with Crippen LogP contribution in [0, 0.1) is 0 Å². The van der Waals surface area contributed by atoms with Crippen molar-refractivity contribution in [3.8, 4) is 5.75 Å². The summed E-state index contributed by atoms with van der Waals surface area (Å²) >= 11 is 0. The van der Waals surface area contributed by atoms with E-state index in [9.17, 15) is 0 Å². The first-order valence-corrected chi connectivity index (χ1v) is 7.41. The lowest BCUT2D eigenvalue weighted by Crippen LogP contribution is -2.29. The summed E-state index contributed by atoms with van der Waals surface area (Å²) in [5.41, 5.74) is 7.38. The highest BCUT2D eigenvalue weighted by atomic mass is 16.5. The van der Waals surface area contributed by atoms with Crippen LogP contribution in [0.4, 0.5) is 0 Å².